The molecule has 0 unspecified atom stereocenters. The molecule has 0 atom stereocenters. The highest BCUT2D eigenvalue weighted by molar-refractivity contribution is 7.80. The molecule has 1 saturated heterocycles. The minimum absolute atomic E-state index is 0.00505. The van der Waals surface area contributed by atoms with Gasteiger partial charge in [-0.15, -0.1) is 0 Å². The first-order chi connectivity index (χ1) is 14.8. The van der Waals surface area contributed by atoms with E-state index in [2.05, 4.69) is 15.5 Å². The third kappa shape index (κ3) is 6.32. The Morgan fingerprint density at radius 3 is 2.55 bits per heavy atom. The van der Waals surface area contributed by atoms with Crippen molar-refractivity contribution in [1.29, 1.82) is 0 Å². The van der Waals surface area contributed by atoms with Gasteiger partial charge in [0.15, 0.2) is 5.11 Å². The molecule has 0 radical (unpaired) electrons. The second-order valence-electron chi connectivity index (χ2n) is 7.43. The zero-order chi connectivity index (χ0) is 22.4. The highest BCUT2D eigenvalue weighted by Gasteiger charge is 2.24. The van der Waals surface area contributed by atoms with Crippen LogP contribution in [0.3, 0.4) is 0 Å². The zero-order valence-corrected chi connectivity index (χ0v) is 19.0. The fourth-order valence-electron chi connectivity index (χ4n) is 3.23. The van der Waals surface area contributed by atoms with Gasteiger partial charge in [0.05, 0.1) is 17.0 Å². The number of nitrogens with one attached hydrogen (secondary N) is 2. The standard InChI is InChI=1S/C22H25ClN4O3S/c1-15(2)21(29)27-11-9-26(10-12-27)19-7-5-16(14-18(19)23)24-22(31)25-20(28)8-6-17-4-3-13-30-17/h3-8,13-15H,9-12H2,1-2H3,(H2,24,25,28,31). The van der Waals surface area contributed by atoms with E-state index in [1.807, 2.05) is 30.9 Å². The summed E-state index contributed by atoms with van der Waals surface area (Å²) in [4.78, 5) is 28.2. The number of nitrogens with zero attached hydrogens (tertiary/aromatic N) is 2. The Bertz CT molecular complexity index is 967. The molecule has 1 aromatic heterocycles. The van der Waals surface area contributed by atoms with Crippen molar-refractivity contribution in [3.63, 3.8) is 0 Å². The molecule has 7 nitrogen and oxygen atoms in total. The second kappa shape index (κ2) is 10.5. The minimum atomic E-state index is -0.370. The van der Waals surface area contributed by atoms with Gasteiger partial charge in [-0.25, -0.2) is 0 Å². The summed E-state index contributed by atoms with van der Waals surface area (Å²) in [6.45, 7) is 6.63. The SMILES string of the molecule is CC(C)C(=O)N1CCN(c2ccc(NC(=S)NC(=O)C=Cc3ccco3)cc2Cl)CC1. The van der Waals surface area contributed by atoms with Crippen molar-refractivity contribution in [3.8, 4) is 0 Å². The Hall–Kier alpha value is -2.84. The van der Waals surface area contributed by atoms with E-state index in [0.717, 1.165) is 18.8 Å². The summed E-state index contributed by atoms with van der Waals surface area (Å²) < 4.78 is 5.13. The Kier molecular flexibility index (Phi) is 7.70. The number of carbonyl (C=O) groups excluding carboxylic acids is 2. The van der Waals surface area contributed by atoms with Gasteiger partial charge in [0.1, 0.15) is 5.76 Å². The maximum atomic E-state index is 12.2. The third-order valence-electron chi connectivity index (χ3n) is 4.81. The van der Waals surface area contributed by atoms with E-state index < -0.39 is 0 Å². The van der Waals surface area contributed by atoms with Crippen LogP contribution in [0.4, 0.5) is 11.4 Å². The highest BCUT2D eigenvalue weighted by atomic mass is 35.5. The summed E-state index contributed by atoms with van der Waals surface area (Å²) in [6.07, 6.45) is 4.42. The number of benzene rings is 1. The number of rotatable bonds is 5. The van der Waals surface area contributed by atoms with E-state index in [4.69, 9.17) is 28.2 Å². The Labute approximate surface area is 192 Å². The van der Waals surface area contributed by atoms with Crippen LogP contribution >= 0.6 is 23.8 Å². The number of piperazine rings is 1. The Morgan fingerprint density at radius 1 is 1.19 bits per heavy atom. The van der Waals surface area contributed by atoms with Crippen LogP contribution in [0.5, 0.6) is 0 Å². The number of thiocarbonyl (C=S) groups is 1. The van der Waals surface area contributed by atoms with E-state index in [1.54, 1.807) is 24.3 Å². The summed E-state index contributed by atoms with van der Waals surface area (Å²) in [5, 5.41) is 6.27. The maximum Gasteiger partial charge on any atom is 0.250 e. The van der Waals surface area contributed by atoms with Crippen LogP contribution in [-0.4, -0.2) is 48.0 Å². The van der Waals surface area contributed by atoms with Crippen molar-refractivity contribution in [2.45, 2.75) is 13.8 Å². The van der Waals surface area contributed by atoms with E-state index in [0.29, 0.717) is 29.6 Å². The van der Waals surface area contributed by atoms with Gasteiger partial charge in [0.25, 0.3) is 0 Å². The summed E-state index contributed by atoms with van der Waals surface area (Å²) in [6, 6.07) is 9.00. The quantitative estimate of drug-likeness (QED) is 0.522. The van der Waals surface area contributed by atoms with Gasteiger partial charge in [-0.3, -0.25) is 14.9 Å². The molecule has 2 heterocycles. The maximum absolute atomic E-state index is 12.2. The number of halogens is 1. The van der Waals surface area contributed by atoms with Crippen molar-refractivity contribution in [1.82, 2.24) is 10.2 Å². The van der Waals surface area contributed by atoms with Crippen LogP contribution in [0, 0.1) is 5.92 Å². The smallest absolute Gasteiger partial charge is 0.250 e. The Balaban J connectivity index is 1.53. The van der Waals surface area contributed by atoms with Crippen LogP contribution in [0.1, 0.15) is 19.6 Å². The summed E-state index contributed by atoms with van der Waals surface area (Å²) in [7, 11) is 0. The molecule has 1 fully saturated rings. The molecule has 2 aromatic rings. The van der Waals surface area contributed by atoms with Crippen molar-refractivity contribution in [3.05, 3.63) is 53.5 Å². The number of furan rings is 1. The topological polar surface area (TPSA) is 77.8 Å². The van der Waals surface area contributed by atoms with E-state index >= 15 is 0 Å². The number of hydrogen-bond donors (Lipinski definition) is 2. The highest BCUT2D eigenvalue weighted by Crippen LogP contribution is 2.29. The molecular formula is C22H25ClN4O3S. The first-order valence-electron chi connectivity index (χ1n) is 10.0. The first-order valence-corrected chi connectivity index (χ1v) is 10.8. The molecule has 3 rings (SSSR count). The number of hydrogen-bond acceptors (Lipinski definition) is 5. The van der Waals surface area contributed by atoms with Crippen LogP contribution in [-0.2, 0) is 9.59 Å². The van der Waals surface area contributed by atoms with Gasteiger partial charge >= 0.3 is 0 Å². The molecule has 9 heteroatoms. The molecule has 0 aliphatic carbocycles. The van der Waals surface area contributed by atoms with Gasteiger partial charge in [0, 0.05) is 43.9 Å². The molecule has 0 saturated carbocycles. The van der Waals surface area contributed by atoms with E-state index in [1.165, 1.54) is 12.3 Å². The van der Waals surface area contributed by atoms with Crippen molar-refractivity contribution < 1.29 is 14.0 Å². The minimum Gasteiger partial charge on any atom is -0.465 e. The molecule has 0 spiro atoms. The summed E-state index contributed by atoms with van der Waals surface area (Å²) in [5.41, 5.74) is 1.57. The van der Waals surface area contributed by atoms with Crippen LogP contribution in [0.15, 0.2) is 47.1 Å². The van der Waals surface area contributed by atoms with Gasteiger partial charge in [0.2, 0.25) is 11.8 Å². The van der Waals surface area contributed by atoms with Gasteiger partial charge in [-0.05, 0) is 48.6 Å². The largest absolute Gasteiger partial charge is 0.465 e. The van der Waals surface area contributed by atoms with E-state index in [9.17, 15) is 9.59 Å². The predicted octanol–water partition coefficient (Wildman–Crippen LogP) is 3.76. The van der Waals surface area contributed by atoms with Gasteiger partial charge in [-0.1, -0.05) is 25.4 Å². The lowest BCUT2D eigenvalue weighted by atomic mass is 10.1. The number of amides is 2. The van der Waals surface area contributed by atoms with Crippen molar-refractivity contribution >= 4 is 58.2 Å². The molecule has 1 aliphatic heterocycles. The third-order valence-corrected chi connectivity index (χ3v) is 5.32. The first kappa shape index (κ1) is 22.8. The molecule has 2 amide bonds. The average molecular weight is 461 g/mol. The lowest BCUT2D eigenvalue weighted by molar-refractivity contribution is -0.134. The second-order valence-corrected chi connectivity index (χ2v) is 8.24. The fraction of sp³-hybridized carbons (Fsp3) is 0.318. The number of anilines is 2. The predicted molar refractivity (Wildman–Crippen MR) is 127 cm³/mol. The van der Waals surface area contributed by atoms with Gasteiger partial charge < -0.3 is 19.5 Å². The summed E-state index contributed by atoms with van der Waals surface area (Å²) >= 11 is 11.7. The molecule has 31 heavy (non-hydrogen) atoms. The van der Waals surface area contributed by atoms with Crippen molar-refractivity contribution in [2.75, 3.05) is 36.4 Å². The van der Waals surface area contributed by atoms with Crippen molar-refractivity contribution in [2.24, 2.45) is 5.92 Å². The molecule has 1 aliphatic rings. The normalized spacial score (nSPS) is 14.2. The van der Waals surface area contributed by atoms with Gasteiger partial charge in [-0.2, -0.15) is 0 Å². The molecule has 164 valence electrons. The van der Waals surface area contributed by atoms with Crippen LogP contribution in [0.25, 0.3) is 6.08 Å². The molecule has 2 N–H and O–H groups in total. The zero-order valence-electron chi connectivity index (χ0n) is 17.4. The monoisotopic (exact) mass is 460 g/mol. The molecule has 0 bridgehead atoms. The average Bonchev–Trinajstić information content (AvgIpc) is 3.25. The lowest BCUT2D eigenvalue weighted by Gasteiger charge is -2.37. The fourth-order valence-corrected chi connectivity index (χ4v) is 3.75. The van der Waals surface area contributed by atoms with Crippen LogP contribution in [0.2, 0.25) is 5.02 Å². The van der Waals surface area contributed by atoms with Crippen LogP contribution < -0.4 is 15.5 Å². The Morgan fingerprint density at radius 2 is 1.94 bits per heavy atom. The van der Waals surface area contributed by atoms with E-state index in [-0.39, 0.29) is 22.8 Å². The molecular weight excluding hydrogens is 436 g/mol. The number of carbonyl (C=O) groups is 2. The molecule has 1 aromatic carbocycles. The lowest BCUT2D eigenvalue weighted by Crippen LogP contribution is -2.50. The summed E-state index contributed by atoms with van der Waals surface area (Å²) in [5.74, 6) is 0.390.